The molecule has 0 bridgehead atoms. The summed E-state index contributed by atoms with van der Waals surface area (Å²) in [7, 11) is 0. The fourth-order valence-corrected chi connectivity index (χ4v) is 1.37. The van der Waals surface area contributed by atoms with Crippen molar-refractivity contribution in [3.8, 4) is 0 Å². The molecule has 2 heteroatoms. The van der Waals surface area contributed by atoms with E-state index in [4.69, 9.17) is 4.74 Å². The van der Waals surface area contributed by atoms with Crippen LogP contribution in [0.25, 0.3) is 0 Å². The zero-order valence-electron chi connectivity index (χ0n) is 7.39. The lowest BCUT2D eigenvalue weighted by molar-refractivity contribution is 0.0900. The van der Waals surface area contributed by atoms with Crippen molar-refractivity contribution >= 4 is 0 Å². The molecule has 1 saturated heterocycles. The SMILES string of the molecule is C=CCNC1(C)CCOC1C. The van der Waals surface area contributed by atoms with Crippen LogP contribution in [0.15, 0.2) is 12.7 Å². The van der Waals surface area contributed by atoms with Crippen LogP contribution in [0.1, 0.15) is 20.3 Å². The summed E-state index contributed by atoms with van der Waals surface area (Å²) in [4.78, 5) is 0. The summed E-state index contributed by atoms with van der Waals surface area (Å²) in [6.07, 6.45) is 3.31. The van der Waals surface area contributed by atoms with E-state index in [1.807, 2.05) is 6.08 Å². The average molecular weight is 155 g/mol. The highest BCUT2D eigenvalue weighted by molar-refractivity contribution is 4.94. The molecule has 1 aliphatic heterocycles. The predicted molar refractivity (Wildman–Crippen MR) is 46.6 cm³/mol. The molecule has 2 atom stereocenters. The minimum absolute atomic E-state index is 0.161. The lowest BCUT2D eigenvalue weighted by atomic mass is 9.95. The van der Waals surface area contributed by atoms with Crippen molar-refractivity contribution in [2.24, 2.45) is 0 Å². The van der Waals surface area contributed by atoms with E-state index in [9.17, 15) is 0 Å². The fourth-order valence-electron chi connectivity index (χ4n) is 1.37. The second kappa shape index (κ2) is 3.37. The van der Waals surface area contributed by atoms with Crippen molar-refractivity contribution in [3.63, 3.8) is 0 Å². The Labute approximate surface area is 68.6 Å². The van der Waals surface area contributed by atoms with Gasteiger partial charge < -0.3 is 10.1 Å². The molecule has 0 aliphatic carbocycles. The van der Waals surface area contributed by atoms with Crippen LogP contribution in [0.2, 0.25) is 0 Å². The Balaban J connectivity index is 2.43. The van der Waals surface area contributed by atoms with Gasteiger partial charge in [-0.3, -0.25) is 0 Å². The minimum Gasteiger partial charge on any atom is -0.377 e. The van der Waals surface area contributed by atoms with Crippen molar-refractivity contribution in [2.45, 2.75) is 31.9 Å². The minimum atomic E-state index is 0.161. The molecule has 1 aliphatic rings. The van der Waals surface area contributed by atoms with E-state index in [1.54, 1.807) is 0 Å². The first-order valence-electron chi connectivity index (χ1n) is 4.16. The first-order valence-corrected chi connectivity index (χ1v) is 4.16. The Bertz CT molecular complexity index is 146. The van der Waals surface area contributed by atoms with Crippen LogP contribution in [-0.2, 0) is 4.74 Å². The number of hydrogen-bond donors (Lipinski definition) is 1. The Hall–Kier alpha value is -0.340. The van der Waals surface area contributed by atoms with Crippen LogP contribution in [0, 0.1) is 0 Å². The second-order valence-corrected chi connectivity index (χ2v) is 3.35. The molecule has 0 saturated carbocycles. The van der Waals surface area contributed by atoms with Gasteiger partial charge in [0.15, 0.2) is 0 Å². The molecular formula is C9H17NO. The summed E-state index contributed by atoms with van der Waals surface area (Å²) in [5, 5.41) is 3.41. The van der Waals surface area contributed by atoms with Gasteiger partial charge in [0.25, 0.3) is 0 Å². The van der Waals surface area contributed by atoms with Gasteiger partial charge in [-0.25, -0.2) is 0 Å². The maximum absolute atomic E-state index is 5.47. The first-order chi connectivity index (χ1) is 5.19. The van der Waals surface area contributed by atoms with E-state index in [2.05, 4.69) is 25.7 Å². The summed E-state index contributed by atoms with van der Waals surface area (Å²) < 4.78 is 5.47. The monoisotopic (exact) mass is 155 g/mol. The topological polar surface area (TPSA) is 21.3 Å². The van der Waals surface area contributed by atoms with Crippen molar-refractivity contribution in [1.29, 1.82) is 0 Å². The lowest BCUT2D eigenvalue weighted by Gasteiger charge is -2.28. The van der Waals surface area contributed by atoms with E-state index in [0.29, 0.717) is 6.10 Å². The highest BCUT2D eigenvalue weighted by atomic mass is 16.5. The molecule has 1 heterocycles. The van der Waals surface area contributed by atoms with Gasteiger partial charge in [-0.15, -0.1) is 6.58 Å². The van der Waals surface area contributed by atoms with Gasteiger partial charge in [0.1, 0.15) is 0 Å². The molecule has 0 aromatic heterocycles. The van der Waals surface area contributed by atoms with Crippen molar-refractivity contribution in [1.82, 2.24) is 5.32 Å². The molecule has 64 valence electrons. The largest absolute Gasteiger partial charge is 0.377 e. The quantitative estimate of drug-likeness (QED) is 0.621. The van der Waals surface area contributed by atoms with Gasteiger partial charge in [0.05, 0.1) is 6.10 Å². The molecule has 1 rings (SSSR count). The van der Waals surface area contributed by atoms with E-state index in [-0.39, 0.29) is 5.54 Å². The van der Waals surface area contributed by atoms with Crippen molar-refractivity contribution < 1.29 is 4.74 Å². The maximum atomic E-state index is 5.47. The van der Waals surface area contributed by atoms with Crippen molar-refractivity contribution in [2.75, 3.05) is 13.2 Å². The van der Waals surface area contributed by atoms with Gasteiger partial charge in [-0.2, -0.15) is 0 Å². The molecule has 2 unspecified atom stereocenters. The van der Waals surface area contributed by atoms with Crippen LogP contribution in [0.5, 0.6) is 0 Å². The third-order valence-electron chi connectivity index (χ3n) is 2.54. The predicted octanol–water partition coefficient (Wildman–Crippen LogP) is 1.33. The van der Waals surface area contributed by atoms with Gasteiger partial charge in [0.2, 0.25) is 0 Å². The van der Waals surface area contributed by atoms with E-state index >= 15 is 0 Å². The number of ether oxygens (including phenoxy) is 1. The number of nitrogens with one attached hydrogen (secondary N) is 1. The molecule has 0 radical (unpaired) electrons. The molecule has 1 fully saturated rings. The van der Waals surface area contributed by atoms with Gasteiger partial charge in [-0.1, -0.05) is 6.08 Å². The van der Waals surface area contributed by atoms with Crippen LogP contribution < -0.4 is 5.32 Å². The number of hydrogen-bond acceptors (Lipinski definition) is 2. The fraction of sp³-hybridized carbons (Fsp3) is 0.778. The molecule has 0 aromatic rings. The highest BCUT2D eigenvalue weighted by Crippen LogP contribution is 2.24. The van der Waals surface area contributed by atoms with Crippen LogP contribution in [0.4, 0.5) is 0 Å². The van der Waals surface area contributed by atoms with E-state index < -0.39 is 0 Å². The summed E-state index contributed by atoms with van der Waals surface area (Å²) >= 11 is 0. The molecule has 0 spiro atoms. The number of rotatable bonds is 3. The Morgan fingerprint density at radius 2 is 2.55 bits per heavy atom. The highest BCUT2D eigenvalue weighted by Gasteiger charge is 2.35. The Kier molecular flexibility index (Phi) is 2.68. The zero-order chi connectivity index (χ0) is 8.32. The molecule has 0 aromatic carbocycles. The third-order valence-corrected chi connectivity index (χ3v) is 2.54. The van der Waals surface area contributed by atoms with Gasteiger partial charge in [-0.05, 0) is 20.3 Å². The first kappa shape index (κ1) is 8.75. The molecule has 1 N–H and O–H groups in total. The van der Waals surface area contributed by atoms with E-state index in [1.165, 1.54) is 0 Å². The Morgan fingerprint density at radius 3 is 3.00 bits per heavy atom. The van der Waals surface area contributed by atoms with E-state index in [0.717, 1.165) is 19.6 Å². The Morgan fingerprint density at radius 1 is 1.82 bits per heavy atom. The standard InChI is InChI=1S/C9H17NO/c1-4-6-10-9(3)5-7-11-8(9)2/h4,8,10H,1,5-7H2,2-3H3. The second-order valence-electron chi connectivity index (χ2n) is 3.35. The maximum Gasteiger partial charge on any atom is 0.0726 e. The van der Waals surface area contributed by atoms with Gasteiger partial charge in [0, 0.05) is 18.7 Å². The normalized spacial score (nSPS) is 37.5. The van der Waals surface area contributed by atoms with Crippen LogP contribution in [0.3, 0.4) is 0 Å². The third kappa shape index (κ3) is 1.82. The average Bonchev–Trinajstić information content (AvgIpc) is 2.30. The zero-order valence-corrected chi connectivity index (χ0v) is 7.39. The summed E-state index contributed by atoms with van der Waals surface area (Å²) in [5.74, 6) is 0. The molecular weight excluding hydrogens is 138 g/mol. The van der Waals surface area contributed by atoms with Crippen molar-refractivity contribution in [3.05, 3.63) is 12.7 Å². The molecule has 2 nitrogen and oxygen atoms in total. The lowest BCUT2D eigenvalue weighted by Crippen LogP contribution is -2.47. The summed E-state index contributed by atoms with van der Waals surface area (Å²) in [6, 6.07) is 0. The van der Waals surface area contributed by atoms with Gasteiger partial charge >= 0.3 is 0 Å². The summed E-state index contributed by atoms with van der Waals surface area (Å²) in [5.41, 5.74) is 0.161. The molecule has 11 heavy (non-hydrogen) atoms. The smallest absolute Gasteiger partial charge is 0.0726 e. The van der Waals surface area contributed by atoms with Crippen LogP contribution >= 0.6 is 0 Å². The summed E-state index contributed by atoms with van der Waals surface area (Å²) in [6.45, 7) is 9.73. The molecule has 0 amide bonds. The van der Waals surface area contributed by atoms with Crippen LogP contribution in [-0.4, -0.2) is 24.8 Å².